The average Bonchev–Trinajstić information content (AvgIpc) is 3.04. The molecule has 1 amide bonds. The lowest BCUT2D eigenvalue weighted by atomic mass is 10.2. The van der Waals surface area contributed by atoms with Gasteiger partial charge >= 0.3 is 0 Å². The Kier molecular flexibility index (Phi) is 4.30. The topological polar surface area (TPSA) is 69.0 Å². The van der Waals surface area contributed by atoms with Crippen LogP contribution in [0.15, 0.2) is 66.7 Å². The molecular weight excluding hydrogens is 340 g/mol. The predicted molar refractivity (Wildman–Crippen MR) is 104 cm³/mol. The first-order valence-electron chi connectivity index (χ1n) is 8.54. The lowest BCUT2D eigenvalue weighted by molar-refractivity contribution is 0.102. The zero-order valence-corrected chi connectivity index (χ0v) is 15.0. The third kappa shape index (κ3) is 3.64. The van der Waals surface area contributed by atoms with Crippen molar-refractivity contribution in [3.8, 4) is 11.5 Å². The number of fused-ring (bicyclic) bond motifs is 1. The van der Waals surface area contributed by atoms with E-state index in [9.17, 15) is 4.79 Å². The predicted octanol–water partition coefficient (Wildman–Crippen LogP) is 4.32. The molecule has 27 heavy (non-hydrogen) atoms. The van der Waals surface area contributed by atoms with Crippen LogP contribution < -0.4 is 10.1 Å². The van der Waals surface area contributed by atoms with Crippen LogP contribution in [0.3, 0.4) is 0 Å². The van der Waals surface area contributed by atoms with Crippen LogP contribution in [0.1, 0.15) is 15.9 Å². The molecule has 6 heteroatoms. The number of ether oxygens (including phenoxy) is 1. The Morgan fingerprint density at radius 1 is 1.00 bits per heavy atom. The van der Waals surface area contributed by atoms with E-state index in [1.807, 2.05) is 68.6 Å². The number of aromatic nitrogens is 3. The number of rotatable bonds is 4. The molecular formula is C21H18N4O2. The van der Waals surface area contributed by atoms with Crippen molar-refractivity contribution in [2.24, 2.45) is 7.05 Å². The molecule has 3 aromatic carbocycles. The molecule has 0 bridgehead atoms. The van der Waals surface area contributed by atoms with Crippen LogP contribution in [0.25, 0.3) is 11.0 Å². The minimum absolute atomic E-state index is 0.199. The quantitative estimate of drug-likeness (QED) is 0.590. The van der Waals surface area contributed by atoms with Gasteiger partial charge in [-0.1, -0.05) is 17.3 Å². The minimum Gasteiger partial charge on any atom is -0.457 e. The zero-order valence-electron chi connectivity index (χ0n) is 15.0. The Bertz CT molecular complexity index is 1120. The Morgan fingerprint density at radius 3 is 2.59 bits per heavy atom. The number of amides is 1. The van der Waals surface area contributed by atoms with Gasteiger partial charge in [0.15, 0.2) is 0 Å². The summed E-state index contributed by atoms with van der Waals surface area (Å²) in [6.07, 6.45) is 0. The first-order chi connectivity index (χ1) is 13.1. The van der Waals surface area contributed by atoms with Gasteiger partial charge in [-0.2, -0.15) is 0 Å². The van der Waals surface area contributed by atoms with Crippen molar-refractivity contribution in [2.75, 3.05) is 5.32 Å². The largest absolute Gasteiger partial charge is 0.457 e. The van der Waals surface area contributed by atoms with Gasteiger partial charge in [-0.3, -0.25) is 4.79 Å². The molecule has 0 radical (unpaired) electrons. The highest BCUT2D eigenvalue weighted by Crippen LogP contribution is 2.24. The van der Waals surface area contributed by atoms with Gasteiger partial charge in [0.1, 0.15) is 17.0 Å². The summed E-state index contributed by atoms with van der Waals surface area (Å²) in [5, 5.41) is 10.9. The van der Waals surface area contributed by atoms with E-state index in [4.69, 9.17) is 4.74 Å². The standard InChI is InChI=1S/C21H18N4O2/c1-14-4-3-5-18(12-14)27-17-9-7-16(8-10-17)22-21(26)15-6-11-20-19(13-15)23-24-25(20)2/h3-13H,1-2H3,(H,22,26). The van der Waals surface area contributed by atoms with Crippen molar-refractivity contribution in [1.29, 1.82) is 0 Å². The molecule has 0 aliphatic rings. The molecule has 1 N–H and O–H groups in total. The van der Waals surface area contributed by atoms with Crippen LogP contribution in [0.2, 0.25) is 0 Å². The Balaban J connectivity index is 1.46. The van der Waals surface area contributed by atoms with Gasteiger partial charge in [0.05, 0.1) is 5.52 Å². The highest BCUT2D eigenvalue weighted by Gasteiger charge is 2.10. The molecule has 1 heterocycles. The highest BCUT2D eigenvalue weighted by atomic mass is 16.5. The Hall–Kier alpha value is -3.67. The number of aryl methyl sites for hydroxylation is 2. The lowest BCUT2D eigenvalue weighted by Gasteiger charge is -2.09. The summed E-state index contributed by atoms with van der Waals surface area (Å²) in [5.41, 5.74) is 3.92. The average molecular weight is 358 g/mol. The molecule has 0 fully saturated rings. The number of carbonyl (C=O) groups is 1. The molecule has 4 rings (SSSR count). The normalized spacial score (nSPS) is 10.7. The monoisotopic (exact) mass is 358 g/mol. The maximum atomic E-state index is 12.5. The minimum atomic E-state index is -0.199. The summed E-state index contributed by atoms with van der Waals surface area (Å²) in [7, 11) is 1.81. The number of carbonyl (C=O) groups excluding carboxylic acids is 1. The molecule has 4 aromatic rings. The van der Waals surface area contributed by atoms with Gasteiger partial charge in [-0.25, -0.2) is 4.68 Å². The highest BCUT2D eigenvalue weighted by molar-refractivity contribution is 6.05. The molecule has 0 aliphatic carbocycles. The number of nitrogens with zero attached hydrogens (tertiary/aromatic N) is 3. The first kappa shape index (κ1) is 16.8. The molecule has 0 atom stereocenters. The third-order valence-corrected chi connectivity index (χ3v) is 4.21. The molecule has 0 aliphatic heterocycles. The molecule has 0 saturated carbocycles. The summed E-state index contributed by atoms with van der Waals surface area (Å²) in [6, 6.07) is 20.4. The SMILES string of the molecule is Cc1cccc(Oc2ccc(NC(=O)c3ccc4c(c3)nnn4C)cc2)c1. The maximum Gasteiger partial charge on any atom is 0.255 e. The van der Waals surface area contributed by atoms with E-state index < -0.39 is 0 Å². The van der Waals surface area contributed by atoms with Gasteiger partial charge in [0, 0.05) is 18.3 Å². The summed E-state index contributed by atoms with van der Waals surface area (Å²) < 4.78 is 7.49. The van der Waals surface area contributed by atoms with Crippen molar-refractivity contribution in [3.05, 3.63) is 77.9 Å². The van der Waals surface area contributed by atoms with Crippen LogP contribution in [-0.4, -0.2) is 20.9 Å². The Morgan fingerprint density at radius 2 is 1.81 bits per heavy atom. The third-order valence-electron chi connectivity index (χ3n) is 4.21. The van der Waals surface area contributed by atoms with Gasteiger partial charge in [-0.15, -0.1) is 5.10 Å². The van der Waals surface area contributed by atoms with E-state index in [1.165, 1.54) is 0 Å². The summed E-state index contributed by atoms with van der Waals surface area (Å²) in [6.45, 7) is 2.02. The van der Waals surface area contributed by atoms with Crippen LogP contribution in [0.4, 0.5) is 5.69 Å². The molecule has 0 spiro atoms. The lowest BCUT2D eigenvalue weighted by Crippen LogP contribution is -2.11. The van der Waals surface area contributed by atoms with E-state index in [0.29, 0.717) is 22.5 Å². The summed E-state index contributed by atoms with van der Waals surface area (Å²) >= 11 is 0. The van der Waals surface area contributed by atoms with E-state index in [0.717, 1.165) is 16.8 Å². The summed E-state index contributed by atoms with van der Waals surface area (Å²) in [4.78, 5) is 12.5. The van der Waals surface area contributed by atoms with Crippen molar-refractivity contribution < 1.29 is 9.53 Å². The van der Waals surface area contributed by atoms with Crippen LogP contribution in [0, 0.1) is 6.92 Å². The number of nitrogens with one attached hydrogen (secondary N) is 1. The molecule has 1 aromatic heterocycles. The van der Waals surface area contributed by atoms with Crippen LogP contribution in [0.5, 0.6) is 11.5 Å². The summed E-state index contributed by atoms with van der Waals surface area (Å²) in [5.74, 6) is 1.29. The number of hydrogen-bond donors (Lipinski definition) is 1. The molecule has 6 nitrogen and oxygen atoms in total. The van der Waals surface area contributed by atoms with Crippen molar-refractivity contribution in [2.45, 2.75) is 6.92 Å². The van der Waals surface area contributed by atoms with E-state index in [1.54, 1.807) is 16.8 Å². The fraction of sp³-hybridized carbons (Fsp3) is 0.0952. The maximum absolute atomic E-state index is 12.5. The second-order valence-corrected chi connectivity index (χ2v) is 6.31. The molecule has 134 valence electrons. The van der Waals surface area contributed by atoms with Gasteiger partial charge in [-0.05, 0) is 67.1 Å². The number of anilines is 1. The van der Waals surface area contributed by atoms with E-state index in [2.05, 4.69) is 15.6 Å². The van der Waals surface area contributed by atoms with Crippen LogP contribution >= 0.6 is 0 Å². The smallest absolute Gasteiger partial charge is 0.255 e. The second kappa shape index (κ2) is 6.92. The zero-order chi connectivity index (χ0) is 18.8. The van der Waals surface area contributed by atoms with E-state index in [-0.39, 0.29) is 5.91 Å². The Labute approximate surface area is 156 Å². The van der Waals surface area contributed by atoms with Crippen molar-refractivity contribution in [3.63, 3.8) is 0 Å². The van der Waals surface area contributed by atoms with Gasteiger partial charge < -0.3 is 10.1 Å². The van der Waals surface area contributed by atoms with E-state index >= 15 is 0 Å². The van der Waals surface area contributed by atoms with Crippen molar-refractivity contribution >= 4 is 22.6 Å². The molecule has 0 saturated heterocycles. The van der Waals surface area contributed by atoms with Crippen LogP contribution in [-0.2, 0) is 7.05 Å². The van der Waals surface area contributed by atoms with Crippen molar-refractivity contribution in [1.82, 2.24) is 15.0 Å². The molecule has 0 unspecified atom stereocenters. The fourth-order valence-corrected chi connectivity index (χ4v) is 2.81. The number of benzene rings is 3. The second-order valence-electron chi connectivity index (χ2n) is 6.31. The first-order valence-corrected chi connectivity index (χ1v) is 8.54. The fourth-order valence-electron chi connectivity index (χ4n) is 2.81. The number of hydrogen-bond acceptors (Lipinski definition) is 4. The van der Waals surface area contributed by atoms with Gasteiger partial charge in [0.25, 0.3) is 5.91 Å². The van der Waals surface area contributed by atoms with Gasteiger partial charge in [0.2, 0.25) is 0 Å².